The molecule has 0 saturated heterocycles. The summed E-state index contributed by atoms with van der Waals surface area (Å²) in [5.74, 6) is 0.765. The first-order valence-electron chi connectivity index (χ1n) is 5.47. The molecule has 0 saturated carbocycles. The van der Waals surface area contributed by atoms with E-state index in [1.807, 2.05) is 31.2 Å². The molecule has 4 heteroatoms. The molecule has 1 aromatic carbocycles. The van der Waals surface area contributed by atoms with Crippen molar-refractivity contribution in [1.29, 1.82) is 0 Å². The molecule has 0 aromatic heterocycles. The summed E-state index contributed by atoms with van der Waals surface area (Å²) in [7, 11) is 1.78. The van der Waals surface area contributed by atoms with Gasteiger partial charge in [-0.15, -0.1) is 0 Å². The van der Waals surface area contributed by atoms with Crippen LogP contribution < -0.4 is 10.1 Å². The summed E-state index contributed by atoms with van der Waals surface area (Å²) in [6.07, 6.45) is -0.417. The summed E-state index contributed by atoms with van der Waals surface area (Å²) in [6.45, 7) is 3.17. The summed E-state index contributed by atoms with van der Waals surface area (Å²) < 4.78 is 5.66. The number of rotatable bonds is 2. The minimum absolute atomic E-state index is 0.0181. The fourth-order valence-corrected chi connectivity index (χ4v) is 1.65. The van der Waals surface area contributed by atoms with E-state index in [9.17, 15) is 4.79 Å². The first kappa shape index (κ1) is 10.8. The molecule has 1 atom stereocenters. The predicted molar refractivity (Wildman–Crippen MR) is 62.7 cm³/mol. The number of carbonyl (C=O) groups is 1. The summed E-state index contributed by atoms with van der Waals surface area (Å²) in [4.78, 5) is 13.6. The number of hydrogen-bond acceptors (Lipinski definition) is 3. The number of nitrogens with zero attached hydrogens (tertiary/aromatic N) is 1. The van der Waals surface area contributed by atoms with Crippen molar-refractivity contribution in [3.8, 4) is 5.75 Å². The molecular formula is C12H16N2O2. The quantitative estimate of drug-likeness (QED) is 0.817. The Bertz CT molecular complexity index is 392. The molecule has 0 aliphatic carbocycles. The van der Waals surface area contributed by atoms with E-state index in [-0.39, 0.29) is 5.91 Å². The van der Waals surface area contributed by atoms with E-state index in [4.69, 9.17) is 4.74 Å². The summed E-state index contributed by atoms with van der Waals surface area (Å²) >= 11 is 0. The number of nitrogens with one attached hydrogen (secondary N) is 1. The second-order valence-corrected chi connectivity index (χ2v) is 3.84. The first-order chi connectivity index (χ1) is 7.72. The van der Waals surface area contributed by atoms with Crippen LogP contribution in [0.5, 0.6) is 5.75 Å². The number of ether oxygens (including phenoxy) is 1. The Balaban J connectivity index is 2.11. The third kappa shape index (κ3) is 1.96. The van der Waals surface area contributed by atoms with E-state index in [1.54, 1.807) is 11.9 Å². The van der Waals surface area contributed by atoms with Gasteiger partial charge in [0.25, 0.3) is 5.91 Å². The van der Waals surface area contributed by atoms with Crippen molar-refractivity contribution in [2.24, 2.45) is 0 Å². The third-order valence-electron chi connectivity index (χ3n) is 2.76. The number of carbonyl (C=O) groups excluding carboxylic acids is 1. The smallest absolute Gasteiger partial charge is 0.265 e. The molecule has 16 heavy (non-hydrogen) atoms. The largest absolute Gasteiger partial charge is 0.477 e. The molecule has 1 unspecified atom stereocenters. The van der Waals surface area contributed by atoms with Crippen LogP contribution in [0.1, 0.15) is 6.92 Å². The third-order valence-corrected chi connectivity index (χ3v) is 2.76. The number of benzene rings is 1. The summed E-state index contributed by atoms with van der Waals surface area (Å²) in [5.41, 5.74) is 0.950. The van der Waals surface area contributed by atoms with Gasteiger partial charge >= 0.3 is 0 Å². The van der Waals surface area contributed by atoms with Gasteiger partial charge in [0.05, 0.1) is 12.2 Å². The van der Waals surface area contributed by atoms with Crippen molar-refractivity contribution in [2.75, 3.05) is 25.5 Å². The Morgan fingerprint density at radius 3 is 3.06 bits per heavy atom. The molecule has 1 aromatic rings. The maximum Gasteiger partial charge on any atom is 0.265 e. The fourth-order valence-electron chi connectivity index (χ4n) is 1.65. The lowest BCUT2D eigenvalue weighted by molar-refractivity contribution is -0.136. The molecule has 1 aliphatic heterocycles. The number of para-hydroxylation sites is 2. The lowest BCUT2D eigenvalue weighted by Gasteiger charge is -2.29. The van der Waals surface area contributed by atoms with Crippen LogP contribution in [-0.2, 0) is 4.79 Å². The zero-order chi connectivity index (χ0) is 11.5. The molecule has 1 amide bonds. The highest BCUT2D eigenvalue weighted by molar-refractivity contribution is 5.82. The van der Waals surface area contributed by atoms with Crippen LogP contribution in [0.15, 0.2) is 24.3 Å². The highest BCUT2D eigenvalue weighted by Crippen LogP contribution is 2.28. The van der Waals surface area contributed by atoms with E-state index in [0.717, 1.165) is 11.4 Å². The first-order valence-corrected chi connectivity index (χ1v) is 5.47. The molecule has 0 bridgehead atoms. The van der Waals surface area contributed by atoms with Crippen molar-refractivity contribution in [3.63, 3.8) is 0 Å². The van der Waals surface area contributed by atoms with Gasteiger partial charge in [0, 0.05) is 13.6 Å². The Morgan fingerprint density at radius 1 is 1.56 bits per heavy atom. The fraction of sp³-hybridized carbons (Fsp3) is 0.417. The molecular weight excluding hydrogens is 204 g/mol. The van der Waals surface area contributed by atoms with E-state index in [0.29, 0.717) is 13.1 Å². The Kier molecular flexibility index (Phi) is 2.99. The number of likely N-dealkylation sites (N-methyl/N-ethyl adjacent to an activating group) is 1. The summed E-state index contributed by atoms with van der Waals surface area (Å²) in [6, 6.07) is 7.65. The number of fused-ring (bicyclic) bond motifs is 1. The predicted octanol–water partition coefficient (Wildman–Crippen LogP) is 1.34. The number of amides is 1. The van der Waals surface area contributed by atoms with Crippen molar-refractivity contribution in [3.05, 3.63) is 24.3 Å². The standard InChI is InChI=1S/C12H16N2O2/c1-3-14(2)12(15)11-8-13-9-6-4-5-7-10(9)16-11/h4-7,11,13H,3,8H2,1-2H3. The van der Waals surface area contributed by atoms with Gasteiger partial charge in [0.1, 0.15) is 5.75 Å². The van der Waals surface area contributed by atoms with Crippen molar-refractivity contribution >= 4 is 11.6 Å². The highest BCUT2D eigenvalue weighted by atomic mass is 16.5. The van der Waals surface area contributed by atoms with Gasteiger partial charge in [-0.25, -0.2) is 0 Å². The van der Waals surface area contributed by atoms with Gasteiger partial charge in [0.2, 0.25) is 0 Å². The van der Waals surface area contributed by atoms with Crippen LogP contribution in [0, 0.1) is 0 Å². The Hall–Kier alpha value is -1.71. The van der Waals surface area contributed by atoms with Gasteiger partial charge < -0.3 is 15.0 Å². The molecule has 1 heterocycles. The van der Waals surface area contributed by atoms with E-state index >= 15 is 0 Å². The van der Waals surface area contributed by atoms with Gasteiger partial charge in [-0.1, -0.05) is 12.1 Å². The normalized spacial score (nSPS) is 18.0. The lowest BCUT2D eigenvalue weighted by atomic mass is 10.2. The van der Waals surface area contributed by atoms with Crippen LogP contribution >= 0.6 is 0 Å². The molecule has 0 fully saturated rings. The SMILES string of the molecule is CCN(C)C(=O)C1CNc2ccccc2O1. The zero-order valence-electron chi connectivity index (χ0n) is 9.56. The van der Waals surface area contributed by atoms with Crippen LogP contribution in [0.2, 0.25) is 0 Å². The van der Waals surface area contributed by atoms with Gasteiger partial charge in [-0.05, 0) is 19.1 Å². The summed E-state index contributed by atoms with van der Waals surface area (Å²) in [5, 5.41) is 3.20. The molecule has 0 spiro atoms. The highest BCUT2D eigenvalue weighted by Gasteiger charge is 2.27. The van der Waals surface area contributed by atoms with Crippen molar-refractivity contribution in [1.82, 2.24) is 4.90 Å². The molecule has 4 nitrogen and oxygen atoms in total. The van der Waals surface area contributed by atoms with E-state index in [1.165, 1.54) is 0 Å². The molecule has 86 valence electrons. The lowest BCUT2D eigenvalue weighted by Crippen LogP contribution is -2.45. The monoisotopic (exact) mass is 220 g/mol. The number of anilines is 1. The van der Waals surface area contributed by atoms with Crippen LogP contribution in [0.3, 0.4) is 0 Å². The molecule has 1 N–H and O–H groups in total. The maximum absolute atomic E-state index is 11.9. The van der Waals surface area contributed by atoms with Gasteiger partial charge in [0.15, 0.2) is 6.10 Å². The van der Waals surface area contributed by atoms with Gasteiger partial charge in [-0.2, -0.15) is 0 Å². The molecule has 2 rings (SSSR count). The topological polar surface area (TPSA) is 41.6 Å². The van der Waals surface area contributed by atoms with E-state index in [2.05, 4.69) is 5.32 Å². The second-order valence-electron chi connectivity index (χ2n) is 3.84. The van der Waals surface area contributed by atoms with Crippen LogP contribution in [-0.4, -0.2) is 37.0 Å². The van der Waals surface area contributed by atoms with E-state index < -0.39 is 6.10 Å². The second kappa shape index (κ2) is 4.43. The molecule has 1 aliphatic rings. The van der Waals surface area contributed by atoms with Crippen LogP contribution in [0.25, 0.3) is 0 Å². The maximum atomic E-state index is 11.9. The zero-order valence-corrected chi connectivity index (χ0v) is 9.56. The Labute approximate surface area is 95.2 Å². The van der Waals surface area contributed by atoms with Crippen LogP contribution in [0.4, 0.5) is 5.69 Å². The average Bonchev–Trinajstić information content (AvgIpc) is 2.36. The average molecular weight is 220 g/mol. The van der Waals surface area contributed by atoms with Gasteiger partial charge in [-0.3, -0.25) is 4.79 Å². The van der Waals surface area contributed by atoms with Crippen molar-refractivity contribution in [2.45, 2.75) is 13.0 Å². The van der Waals surface area contributed by atoms with Crippen molar-refractivity contribution < 1.29 is 9.53 Å². The Morgan fingerprint density at radius 2 is 2.31 bits per heavy atom. The number of hydrogen-bond donors (Lipinski definition) is 1. The minimum atomic E-state index is -0.417. The molecule has 0 radical (unpaired) electrons. The minimum Gasteiger partial charge on any atom is -0.477 e.